The predicted molar refractivity (Wildman–Crippen MR) is 66.8 cm³/mol. The molecule has 4 nitrogen and oxygen atoms in total. The molecule has 0 aliphatic rings. The minimum absolute atomic E-state index is 0.129. The van der Waals surface area contributed by atoms with E-state index in [-0.39, 0.29) is 6.61 Å². The molecule has 2 aromatic rings. The van der Waals surface area contributed by atoms with E-state index in [1.165, 1.54) is 6.21 Å². The third-order valence-electron chi connectivity index (χ3n) is 2.41. The van der Waals surface area contributed by atoms with Crippen LogP contribution in [-0.4, -0.2) is 22.9 Å². The van der Waals surface area contributed by atoms with Gasteiger partial charge in [0.2, 0.25) is 0 Å². The number of rotatable bonds is 4. The number of fused-ring (bicyclic) bond motifs is 1. The molecule has 88 valence electrons. The van der Waals surface area contributed by atoms with Crippen molar-refractivity contribution in [2.75, 3.05) is 6.61 Å². The maximum Gasteiger partial charge on any atom is 0.147 e. The Bertz CT molecular complexity index is 526. The average Bonchev–Trinajstić information content (AvgIpc) is 2.38. The summed E-state index contributed by atoms with van der Waals surface area (Å²) in [4.78, 5) is 9.18. The van der Waals surface area contributed by atoms with E-state index < -0.39 is 6.10 Å². The van der Waals surface area contributed by atoms with Crippen LogP contribution in [0.25, 0.3) is 10.9 Å². The van der Waals surface area contributed by atoms with Gasteiger partial charge in [0.1, 0.15) is 12.7 Å². The average molecular weight is 230 g/mol. The van der Waals surface area contributed by atoms with Crippen LogP contribution in [0.4, 0.5) is 0 Å². The zero-order valence-corrected chi connectivity index (χ0v) is 9.58. The first kappa shape index (κ1) is 11.5. The number of aliphatic hydroxyl groups is 1. The SMILES string of the molecule is C/C=N/OCC(O)c1cnc2ccccc2c1. The van der Waals surface area contributed by atoms with Gasteiger partial charge >= 0.3 is 0 Å². The van der Waals surface area contributed by atoms with Crippen molar-refractivity contribution in [1.82, 2.24) is 4.98 Å². The lowest BCUT2D eigenvalue weighted by Crippen LogP contribution is -2.05. The quantitative estimate of drug-likeness (QED) is 0.647. The van der Waals surface area contributed by atoms with Gasteiger partial charge in [0.15, 0.2) is 0 Å². The summed E-state index contributed by atoms with van der Waals surface area (Å²) in [6.45, 7) is 1.88. The highest BCUT2D eigenvalue weighted by Gasteiger charge is 2.09. The van der Waals surface area contributed by atoms with Gasteiger partial charge in [-0.15, -0.1) is 0 Å². The topological polar surface area (TPSA) is 54.7 Å². The fourth-order valence-electron chi connectivity index (χ4n) is 1.55. The van der Waals surface area contributed by atoms with Gasteiger partial charge in [-0.1, -0.05) is 23.4 Å². The number of hydrogen-bond donors (Lipinski definition) is 1. The Morgan fingerprint density at radius 1 is 1.47 bits per heavy atom. The van der Waals surface area contributed by atoms with E-state index in [1.807, 2.05) is 30.3 Å². The van der Waals surface area contributed by atoms with Crippen LogP contribution in [-0.2, 0) is 4.84 Å². The zero-order valence-electron chi connectivity index (χ0n) is 9.58. The molecule has 0 aliphatic carbocycles. The van der Waals surface area contributed by atoms with Crippen molar-refractivity contribution in [2.24, 2.45) is 5.16 Å². The van der Waals surface area contributed by atoms with E-state index in [0.717, 1.165) is 16.5 Å². The maximum absolute atomic E-state index is 9.87. The monoisotopic (exact) mass is 230 g/mol. The van der Waals surface area contributed by atoms with Crippen LogP contribution < -0.4 is 0 Å². The molecule has 0 bridgehead atoms. The van der Waals surface area contributed by atoms with Crippen molar-refractivity contribution in [1.29, 1.82) is 0 Å². The third-order valence-corrected chi connectivity index (χ3v) is 2.41. The molecular weight excluding hydrogens is 216 g/mol. The number of oxime groups is 1. The lowest BCUT2D eigenvalue weighted by Gasteiger charge is -2.09. The van der Waals surface area contributed by atoms with Gasteiger partial charge in [0.05, 0.1) is 5.52 Å². The molecule has 2 rings (SSSR count). The maximum atomic E-state index is 9.87. The smallest absolute Gasteiger partial charge is 0.147 e. The summed E-state index contributed by atoms with van der Waals surface area (Å²) < 4.78 is 0. The summed E-state index contributed by atoms with van der Waals surface area (Å²) in [6.07, 6.45) is 2.48. The first-order valence-electron chi connectivity index (χ1n) is 5.44. The predicted octanol–water partition coefficient (Wildman–Crippen LogP) is 2.29. The second-order valence-electron chi connectivity index (χ2n) is 3.64. The Morgan fingerprint density at radius 3 is 3.12 bits per heavy atom. The Kier molecular flexibility index (Phi) is 3.67. The molecule has 1 N–H and O–H groups in total. The number of para-hydroxylation sites is 1. The molecule has 17 heavy (non-hydrogen) atoms. The molecule has 0 aliphatic heterocycles. The molecule has 0 saturated heterocycles. The molecule has 0 fully saturated rings. The Labute approximate surface area is 99.5 Å². The molecule has 1 heterocycles. The second-order valence-corrected chi connectivity index (χ2v) is 3.64. The molecule has 0 spiro atoms. The van der Waals surface area contributed by atoms with Crippen LogP contribution in [0.5, 0.6) is 0 Å². The van der Waals surface area contributed by atoms with Gasteiger partial charge in [0.25, 0.3) is 0 Å². The molecule has 1 aromatic carbocycles. The van der Waals surface area contributed by atoms with E-state index in [9.17, 15) is 5.11 Å². The summed E-state index contributed by atoms with van der Waals surface area (Å²) in [7, 11) is 0. The highest BCUT2D eigenvalue weighted by atomic mass is 16.6. The fraction of sp³-hybridized carbons (Fsp3) is 0.231. The van der Waals surface area contributed by atoms with Gasteiger partial charge in [-0.05, 0) is 19.1 Å². The van der Waals surface area contributed by atoms with Crippen LogP contribution in [0.3, 0.4) is 0 Å². The molecule has 1 aromatic heterocycles. The number of aliphatic hydroxyl groups excluding tert-OH is 1. The molecule has 1 atom stereocenters. The second kappa shape index (κ2) is 5.41. The number of hydrogen-bond acceptors (Lipinski definition) is 4. The van der Waals surface area contributed by atoms with Gasteiger partial charge in [-0.2, -0.15) is 0 Å². The first-order valence-corrected chi connectivity index (χ1v) is 5.44. The lowest BCUT2D eigenvalue weighted by atomic mass is 10.1. The van der Waals surface area contributed by atoms with E-state index in [0.29, 0.717) is 0 Å². The van der Waals surface area contributed by atoms with E-state index in [1.54, 1.807) is 13.1 Å². The summed E-state index contributed by atoms with van der Waals surface area (Å²) in [5.41, 5.74) is 1.64. The molecular formula is C13H14N2O2. The fourth-order valence-corrected chi connectivity index (χ4v) is 1.55. The number of benzene rings is 1. The third kappa shape index (κ3) is 2.79. The Balaban J connectivity index is 2.18. The highest BCUT2D eigenvalue weighted by Crippen LogP contribution is 2.18. The van der Waals surface area contributed by atoms with Crippen LogP contribution >= 0.6 is 0 Å². The summed E-state index contributed by atoms with van der Waals surface area (Å²) in [6, 6.07) is 9.68. The van der Waals surface area contributed by atoms with Crippen LogP contribution in [0, 0.1) is 0 Å². The lowest BCUT2D eigenvalue weighted by molar-refractivity contribution is 0.0399. The van der Waals surface area contributed by atoms with Crippen LogP contribution in [0.15, 0.2) is 41.7 Å². The standard InChI is InChI=1S/C13H14N2O2/c1-2-15-17-9-13(16)11-7-10-5-3-4-6-12(10)14-8-11/h2-8,13,16H,9H2,1H3/b15-2+. The van der Waals surface area contributed by atoms with Gasteiger partial charge in [-0.25, -0.2) is 0 Å². The number of pyridine rings is 1. The van der Waals surface area contributed by atoms with Gasteiger partial charge in [0, 0.05) is 23.4 Å². The highest BCUT2D eigenvalue weighted by molar-refractivity contribution is 5.78. The van der Waals surface area contributed by atoms with Crippen LogP contribution in [0.1, 0.15) is 18.6 Å². The van der Waals surface area contributed by atoms with Gasteiger partial charge < -0.3 is 9.94 Å². The van der Waals surface area contributed by atoms with E-state index in [2.05, 4.69) is 10.1 Å². The molecule has 1 unspecified atom stereocenters. The summed E-state index contributed by atoms with van der Waals surface area (Å²) in [5.74, 6) is 0. The van der Waals surface area contributed by atoms with Crippen molar-refractivity contribution >= 4 is 17.1 Å². The summed E-state index contributed by atoms with van der Waals surface area (Å²) in [5, 5.41) is 14.5. The number of nitrogens with zero attached hydrogens (tertiary/aromatic N) is 2. The van der Waals surface area contributed by atoms with Gasteiger partial charge in [-0.3, -0.25) is 4.98 Å². The first-order chi connectivity index (χ1) is 8.31. The largest absolute Gasteiger partial charge is 0.393 e. The van der Waals surface area contributed by atoms with Crippen molar-refractivity contribution in [2.45, 2.75) is 13.0 Å². The summed E-state index contributed by atoms with van der Waals surface area (Å²) >= 11 is 0. The molecule has 0 radical (unpaired) electrons. The van der Waals surface area contributed by atoms with Crippen molar-refractivity contribution in [3.05, 3.63) is 42.1 Å². The Hall–Kier alpha value is -1.94. The normalized spacial score (nSPS) is 13.1. The molecule has 0 saturated carbocycles. The van der Waals surface area contributed by atoms with E-state index in [4.69, 9.17) is 4.84 Å². The minimum atomic E-state index is -0.712. The molecule has 4 heteroatoms. The Morgan fingerprint density at radius 2 is 2.29 bits per heavy atom. The minimum Gasteiger partial charge on any atom is -0.393 e. The van der Waals surface area contributed by atoms with Crippen LogP contribution in [0.2, 0.25) is 0 Å². The number of aromatic nitrogens is 1. The van der Waals surface area contributed by atoms with Crippen molar-refractivity contribution in [3.63, 3.8) is 0 Å². The van der Waals surface area contributed by atoms with E-state index >= 15 is 0 Å². The zero-order chi connectivity index (χ0) is 12.1. The molecule has 0 amide bonds. The van der Waals surface area contributed by atoms with Crippen molar-refractivity contribution in [3.8, 4) is 0 Å². The van der Waals surface area contributed by atoms with Crippen molar-refractivity contribution < 1.29 is 9.94 Å².